The van der Waals surface area contributed by atoms with Crippen LogP contribution in [0.25, 0.3) is 11.0 Å². The summed E-state index contributed by atoms with van der Waals surface area (Å²) in [6.45, 7) is 3.88. The number of pyridine rings is 1. The normalized spacial score (nSPS) is 11.9. The van der Waals surface area contributed by atoms with E-state index in [9.17, 15) is 14.3 Å². The Bertz CT molecular complexity index is 1020. The number of aryl methyl sites for hydroxylation is 1. The number of ether oxygens (including phenoxy) is 1. The Hall–Kier alpha value is -3.00. The fourth-order valence-electron chi connectivity index (χ4n) is 2.59. The van der Waals surface area contributed by atoms with Crippen molar-refractivity contribution in [1.82, 2.24) is 14.5 Å². The van der Waals surface area contributed by atoms with E-state index in [4.69, 9.17) is 4.74 Å². The van der Waals surface area contributed by atoms with E-state index in [-0.39, 0.29) is 37.5 Å². The van der Waals surface area contributed by atoms with E-state index in [1.165, 1.54) is 22.8 Å². The minimum Gasteiger partial charge on any atom is -0.448 e. The van der Waals surface area contributed by atoms with Gasteiger partial charge in [-0.2, -0.15) is 4.98 Å². The van der Waals surface area contributed by atoms with Crippen LogP contribution in [0.15, 0.2) is 41.3 Å². The van der Waals surface area contributed by atoms with Gasteiger partial charge in [0.05, 0.1) is 12.6 Å². The second kappa shape index (κ2) is 8.79. The highest BCUT2D eigenvalue weighted by atomic mass is 19.1. The van der Waals surface area contributed by atoms with Crippen molar-refractivity contribution in [2.24, 2.45) is 13.0 Å². The zero-order valence-electron chi connectivity index (χ0n) is 15.3. The molecule has 2 aromatic heterocycles. The average Bonchev–Trinajstić information content (AvgIpc) is 2.65. The van der Waals surface area contributed by atoms with Gasteiger partial charge >= 0.3 is 0 Å². The first-order chi connectivity index (χ1) is 12.9. The number of nitrogens with zero attached hydrogens (tertiary/aromatic N) is 3. The van der Waals surface area contributed by atoms with Crippen molar-refractivity contribution in [3.05, 3.63) is 52.7 Å². The van der Waals surface area contributed by atoms with Gasteiger partial charge in [-0.05, 0) is 24.1 Å². The van der Waals surface area contributed by atoms with Crippen molar-refractivity contribution in [3.63, 3.8) is 0 Å². The standard InChI is InChI=1S/C19H21FN4O3.CH4/c1-11(2)14(10-25)22-19-21-9-12-8-16(18(26)24(3)17(12)23-19)27-15-7-5-4-6-13(15)20;/h4-9,11,14,25H,10H2,1-3H3,(H,21,22,23);1H4/t14-;/m1./s1. The van der Waals surface area contributed by atoms with Crippen LogP contribution in [0.3, 0.4) is 0 Å². The highest BCUT2D eigenvalue weighted by Crippen LogP contribution is 2.24. The molecule has 8 heteroatoms. The second-order valence-electron chi connectivity index (χ2n) is 6.56. The number of benzene rings is 1. The van der Waals surface area contributed by atoms with E-state index in [1.54, 1.807) is 25.4 Å². The van der Waals surface area contributed by atoms with Crippen LogP contribution in [0, 0.1) is 11.7 Å². The molecule has 0 aliphatic rings. The van der Waals surface area contributed by atoms with E-state index in [2.05, 4.69) is 15.3 Å². The van der Waals surface area contributed by atoms with Crippen LogP contribution in [0.1, 0.15) is 21.3 Å². The van der Waals surface area contributed by atoms with E-state index < -0.39 is 11.4 Å². The van der Waals surface area contributed by atoms with Crippen molar-refractivity contribution in [1.29, 1.82) is 0 Å². The zero-order chi connectivity index (χ0) is 19.6. The molecule has 7 nitrogen and oxygen atoms in total. The van der Waals surface area contributed by atoms with Crippen molar-refractivity contribution in [3.8, 4) is 11.5 Å². The van der Waals surface area contributed by atoms with Gasteiger partial charge in [0.15, 0.2) is 17.3 Å². The summed E-state index contributed by atoms with van der Waals surface area (Å²) in [6.07, 6.45) is 1.55. The Kier molecular flexibility index (Phi) is 6.69. The van der Waals surface area contributed by atoms with Crippen LogP contribution >= 0.6 is 0 Å². The molecule has 0 bridgehead atoms. The molecule has 28 heavy (non-hydrogen) atoms. The molecule has 2 N–H and O–H groups in total. The SMILES string of the molecule is C.CC(C)[C@@H](CO)Nc1ncc2cc(Oc3ccccc3F)c(=O)n(C)c2n1. The van der Waals surface area contributed by atoms with E-state index in [0.29, 0.717) is 17.0 Å². The topological polar surface area (TPSA) is 89.3 Å². The van der Waals surface area contributed by atoms with Gasteiger partial charge in [0.1, 0.15) is 5.65 Å². The third kappa shape index (κ3) is 4.28. The van der Waals surface area contributed by atoms with Crippen LogP contribution in [-0.4, -0.2) is 32.3 Å². The number of nitrogens with one attached hydrogen (secondary N) is 1. The molecule has 0 spiro atoms. The molecule has 0 radical (unpaired) electrons. The number of hydrogen-bond donors (Lipinski definition) is 2. The molecule has 0 saturated carbocycles. The third-order valence-corrected chi connectivity index (χ3v) is 4.29. The highest BCUT2D eigenvalue weighted by Gasteiger charge is 2.16. The molecular formula is C20H25FN4O3. The molecule has 2 heterocycles. The summed E-state index contributed by atoms with van der Waals surface area (Å²) in [7, 11) is 1.56. The van der Waals surface area contributed by atoms with Gasteiger partial charge in [-0.15, -0.1) is 0 Å². The minimum atomic E-state index is -0.556. The van der Waals surface area contributed by atoms with Crippen molar-refractivity contribution in [2.75, 3.05) is 11.9 Å². The number of hydrogen-bond acceptors (Lipinski definition) is 6. The lowest BCUT2D eigenvalue weighted by Gasteiger charge is -2.20. The number of rotatable bonds is 6. The summed E-state index contributed by atoms with van der Waals surface area (Å²) < 4.78 is 20.6. The first kappa shape index (κ1) is 21.3. The molecule has 0 amide bonds. The lowest BCUT2D eigenvalue weighted by Crippen LogP contribution is -2.30. The average molecular weight is 388 g/mol. The molecule has 0 saturated heterocycles. The number of aliphatic hydroxyl groups is 1. The number of fused-ring (bicyclic) bond motifs is 1. The third-order valence-electron chi connectivity index (χ3n) is 4.29. The molecule has 0 fully saturated rings. The van der Waals surface area contributed by atoms with Crippen LogP contribution in [-0.2, 0) is 7.05 Å². The van der Waals surface area contributed by atoms with Crippen LogP contribution in [0.4, 0.5) is 10.3 Å². The van der Waals surface area contributed by atoms with Crippen LogP contribution < -0.4 is 15.6 Å². The Labute approximate surface area is 162 Å². The number of halogens is 1. The van der Waals surface area contributed by atoms with Gasteiger partial charge in [0.25, 0.3) is 5.56 Å². The largest absolute Gasteiger partial charge is 0.448 e. The Balaban J connectivity index is 0.00000280. The quantitative estimate of drug-likeness (QED) is 0.673. The number of para-hydroxylation sites is 1. The van der Waals surface area contributed by atoms with Gasteiger partial charge < -0.3 is 15.2 Å². The summed E-state index contributed by atoms with van der Waals surface area (Å²) in [5, 5.41) is 13.1. The van der Waals surface area contributed by atoms with Gasteiger partial charge in [-0.3, -0.25) is 9.36 Å². The van der Waals surface area contributed by atoms with Gasteiger partial charge in [0.2, 0.25) is 5.95 Å². The molecule has 1 aromatic carbocycles. The molecule has 1 atom stereocenters. The smallest absolute Gasteiger partial charge is 0.294 e. The second-order valence-corrected chi connectivity index (χ2v) is 6.56. The Morgan fingerprint density at radius 2 is 2.00 bits per heavy atom. The molecule has 0 unspecified atom stereocenters. The monoisotopic (exact) mass is 388 g/mol. The molecule has 0 aliphatic carbocycles. The maximum absolute atomic E-state index is 13.8. The van der Waals surface area contributed by atoms with Crippen LogP contribution in [0.5, 0.6) is 11.5 Å². The molecule has 3 rings (SSSR count). The predicted octanol–water partition coefficient (Wildman–Crippen LogP) is 3.32. The van der Waals surface area contributed by atoms with E-state index in [0.717, 1.165) is 0 Å². The van der Waals surface area contributed by atoms with Crippen molar-refractivity contribution < 1.29 is 14.2 Å². The lowest BCUT2D eigenvalue weighted by atomic mass is 10.1. The van der Waals surface area contributed by atoms with E-state index in [1.807, 2.05) is 13.8 Å². The molecular weight excluding hydrogens is 363 g/mol. The highest BCUT2D eigenvalue weighted by molar-refractivity contribution is 5.76. The van der Waals surface area contributed by atoms with Gasteiger partial charge in [-0.1, -0.05) is 33.4 Å². The van der Waals surface area contributed by atoms with Gasteiger partial charge in [0, 0.05) is 18.6 Å². The zero-order valence-corrected chi connectivity index (χ0v) is 15.3. The maximum atomic E-state index is 13.8. The van der Waals surface area contributed by atoms with Crippen LogP contribution in [0.2, 0.25) is 0 Å². The number of aliphatic hydroxyl groups excluding tert-OH is 1. The molecule has 150 valence electrons. The van der Waals surface area contributed by atoms with Crippen molar-refractivity contribution >= 4 is 17.0 Å². The predicted molar refractivity (Wildman–Crippen MR) is 107 cm³/mol. The summed E-state index contributed by atoms with van der Waals surface area (Å²) >= 11 is 0. The fourth-order valence-corrected chi connectivity index (χ4v) is 2.59. The summed E-state index contributed by atoms with van der Waals surface area (Å²) in [5.74, 6) is -0.118. The van der Waals surface area contributed by atoms with Gasteiger partial charge in [-0.25, -0.2) is 9.37 Å². The maximum Gasteiger partial charge on any atom is 0.294 e. The first-order valence-corrected chi connectivity index (χ1v) is 8.57. The minimum absolute atomic E-state index is 0. The number of aromatic nitrogens is 3. The summed E-state index contributed by atoms with van der Waals surface area (Å²) in [6, 6.07) is 7.15. The molecule has 3 aromatic rings. The first-order valence-electron chi connectivity index (χ1n) is 8.57. The Morgan fingerprint density at radius 1 is 1.29 bits per heavy atom. The summed E-state index contributed by atoms with van der Waals surface area (Å²) in [4.78, 5) is 21.2. The lowest BCUT2D eigenvalue weighted by molar-refractivity contribution is 0.248. The summed E-state index contributed by atoms with van der Waals surface area (Å²) in [5.41, 5.74) is -0.0446. The van der Waals surface area contributed by atoms with Crippen molar-refractivity contribution in [2.45, 2.75) is 27.3 Å². The van der Waals surface area contributed by atoms with E-state index >= 15 is 0 Å². The fraction of sp³-hybridized carbons (Fsp3) is 0.350. The molecule has 0 aliphatic heterocycles. The Morgan fingerprint density at radius 3 is 2.64 bits per heavy atom. The number of anilines is 1.